The van der Waals surface area contributed by atoms with Crippen LogP contribution in [-0.4, -0.2) is 65.7 Å². The minimum atomic E-state index is -3.80. The first-order chi connectivity index (χ1) is 14.0. The first kappa shape index (κ1) is 24.1. The number of carbonyl (C=O) groups is 2. The first-order valence-electron chi connectivity index (χ1n) is 10.1. The molecule has 0 aromatic heterocycles. The summed E-state index contributed by atoms with van der Waals surface area (Å²) in [6.45, 7) is 5.35. The summed E-state index contributed by atoms with van der Waals surface area (Å²) in [5.74, 6) is -0.444. The quantitative estimate of drug-likeness (QED) is 0.505. The van der Waals surface area contributed by atoms with Crippen molar-refractivity contribution in [3.05, 3.63) is 30.3 Å². The van der Waals surface area contributed by atoms with Crippen molar-refractivity contribution in [2.24, 2.45) is 5.92 Å². The van der Waals surface area contributed by atoms with Gasteiger partial charge in [-0.1, -0.05) is 32.0 Å². The molecule has 0 radical (unpaired) electrons. The molecular weight excluding hydrogens is 410 g/mol. The predicted molar refractivity (Wildman–Crippen MR) is 111 cm³/mol. The van der Waals surface area contributed by atoms with Gasteiger partial charge in [-0.3, -0.25) is 4.79 Å². The van der Waals surface area contributed by atoms with E-state index in [2.05, 4.69) is 10.6 Å². The molecule has 1 fully saturated rings. The molecule has 1 aliphatic heterocycles. The number of aliphatic hydroxyl groups excluding tert-OH is 1. The molecule has 0 aliphatic carbocycles. The van der Waals surface area contributed by atoms with Crippen molar-refractivity contribution in [1.82, 2.24) is 14.9 Å². The van der Waals surface area contributed by atoms with Gasteiger partial charge in [0.15, 0.2) is 0 Å². The van der Waals surface area contributed by atoms with E-state index in [1.807, 2.05) is 13.8 Å². The third-order valence-electron chi connectivity index (χ3n) is 5.22. The molecule has 2 rings (SSSR count). The van der Waals surface area contributed by atoms with E-state index in [9.17, 15) is 23.1 Å². The molecule has 0 bridgehead atoms. The van der Waals surface area contributed by atoms with Gasteiger partial charge in [0.1, 0.15) is 6.04 Å². The van der Waals surface area contributed by atoms with Gasteiger partial charge in [0.2, 0.25) is 15.9 Å². The molecule has 4 atom stereocenters. The van der Waals surface area contributed by atoms with Crippen molar-refractivity contribution in [2.75, 3.05) is 6.54 Å². The molecule has 1 saturated heterocycles. The highest BCUT2D eigenvalue weighted by atomic mass is 32.2. The molecule has 0 saturated carbocycles. The van der Waals surface area contributed by atoms with E-state index in [1.165, 1.54) is 16.4 Å². The van der Waals surface area contributed by atoms with E-state index in [0.717, 1.165) is 0 Å². The molecule has 0 unspecified atom stereocenters. The van der Waals surface area contributed by atoms with Crippen molar-refractivity contribution in [3.8, 4) is 0 Å². The first-order valence-corrected chi connectivity index (χ1v) is 11.5. The maximum atomic E-state index is 13.0. The summed E-state index contributed by atoms with van der Waals surface area (Å²) in [4.78, 5) is 23.8. The fourth-order valence-corrected chi connectivity index (χ4v) is 5.32. The van der Waals surface area contributed by atoms with Crippen molar-refractivity contribution >= 4 is 22.0 Å². The SMILES string of the molecule is CC(C)C[C@H](NC(=O)O)C(=O)N[C@H]1CC[C@@H](C)N(S(=O)(=O)c2ccccc2)C[C@H]1O. The van der Waals surface area contributed by atoms with Gasteiger partial charge in [-0.15, -0.1) is 0 Å². The van der Waals surface area contributed by atoms with Crippen molar-refractivity contribution in [2.45, 2.75) is 69.2 Å². The lowest BCUT2D eigenvalue weighted by Gasteiger charge is -2.28. The lowest BCUT2D eigenvalue weighted by atomic mass is 10.0. The predicted octanol–water partition coefficient (Wildman–Crippen LogP) is 1.39. The number of hydrogen-bond donors (Lipinski definition) is 4. The Morgan fingerprint density at radius 3 is 2.40 bits per heavy atom. The second kappa shape index (κ2) is 10.2. The molecule has 168 valence electrons. The maximum absolute atomic E-state index is 13.0. The standard InChI is InChI=1S/C20H31N3O6S/c1-13(2)11-17(22-20(26)27)19(25)21-16-10-9-14(3)23(12-18(16)24)30(28,29)15-7-5-4-6-8-15/h4-8,13-14,16-18,22,24H,9-12H2,1-3H3,(H,21,25)(H,26,27)/t14-,16+,17+,18-/m1/s1. The largest absolute Gasteiger partial charge is 0.465 e. The van der Waals surface area contributed by atoms with Crippen LogP contribution in [-0.2, 0) is 14.8 Å². The topological polar surface area (TPSA) is 136 Å². The Bertz CT molecular complexity index is 830. The minimum Gasteiger partial charge on any atom is -0.465 e. The van der Waals surface area contributed by atoms with Crippen LogP contribution in [0.5, 0.6) is 0 Å². The normalized spacial score (nSPS) is 24.1. The van der Waals surface area contributed by atoms with Crippen LogP contribution in [0.2, 0.25) is 0 Å². The zero-order chi connectivity index (χ0) is 22.5. The molecule has 30 heavy (non-hydrogen) atoms. The molecule has 1 heterocycles. The minimum absolute atomic E-state index is 0.0817. The zero-order valence-electron chi connectivity index (χ0n) is 17.5. The van der Waals surface area contributed by atoms with E-state index in [-0.39, 0.29) is 23.4 Å². The lowest BCUT2D eigenvalue weighted by Crippen LogP contribution is -2.53. The highest BCUT2D eigenvalue weighted by Crippen LogP contribution is 2.25. The highest BCUT2D eigenvalue weighted by molar-refractivity contribution is 7.89. The molecule has 1 aromatic rings. The molecule has 0 spiro atoms. The third-order valence-corrected chi connectivity index (χ3v) is 7.21. The van der Waals surface area contributed by atoms with Crippen LogP contribution in [0.3, 0.4) is 0 Å². The average molecular weight is 442 g/mol. The van der Waals surface area contributed by atoms with Gasteiger partial charge >= 0.3 is 6.09 Å². The van der Waals surface area contributed by atoms with E-state index >= 15 is 0 Å². The number of nitrogens with one attached hydrogen (secondary N) is 2. The second-order valence-electron chi connectivity index (χ2n) is 8.13. The molecule has 1 aromatic carbocycles. The molecule has 2 amide bonds. The summed E-state index contributed by atoms with van der Waals surface area (Å²) < 4.78 is 27.3. The van der Waals surface area contributed by atoms with Crippen LogP contribution in [0.1, 0.15) is 40.0 Å². The van der Waals surface area contributed by atoms with Gasteiger partial charge in [0.05, 0.1) is 17.0 Å². The van der Waals surface area contributed by atoms with Crippen LogP contribution in [0, 0.1) is 5.92 Å². The summed E-state index contributed by atoms with van der Waals surface area (Å²) in [6, 6.07) is 6.03. The summed E-state index contributed by atoms with van der Waals surface area (Å²) in [5.41, 5.74) is 0. The number of carbonyl (C=O) groups excluding carboxylic acids is 1. The number of rotatable bonds is 7. The van der Waals surface area contributed by atoms with Gasteiger partial charge in [0, 0.05) is 12.6 Å². The number of aliphatic hydroxyl groups is 1. The molecule has 4 N–H and O–H groups in total. The van der Waals surface area contributed by atoms with E-state index < -0.39 is 40.2 Å². The van der Waals surface area contributed by atoms with Crippen molar-refractivity contribution in [3.63, 3.8) is 0 Å². The highest BCUT2D eigenvalue weighted by Gasteiger charge is 2.37. The Morgan fingerprint density at radius 2 is 1.83 bits per heavy atom. The van der Waals surface area contributed by atoms with Crippen LogP contribution in [0.25, 0.3) is 0 Å². The van der Waals surface area contributed by atoms with E-state index in [0.29, 0.717) is 19.3 Å². The summed E-state index contributed by atoms with van der Waals surface area (Å²) in [5, 5.41) is 24.6. The van der Waals surface area contributed by atoms with Crippen molar-refractivity contribution in [1.29, 1.82) is 0 Å². The lowest BCUT2D eigenvalue weighted by molar-refractivity contribution is -0.125. The fourth-order valence-electron chi connectivity index (χ4n) is 3.62. The monoisotopic (exact) mass is 441 g/mol. The van der Waals surface area contributed by atoms with Gasteiger partial charge < -0.3 is 20.8 Å². The molecular formula is C20H31N3O6S. The van der Waals surface area contributed by atoms with Crippen LogP contribution < -0.4 is 10.6 Å². The number of carboxylic acid groups (broad SMARTS) is 1. The molecule has 9 nitrogen and oxygen atoms in total. The second-order valence-corrected chi connectivity index (χ2v) is 10.0. The smallest absolute Gasteiger partial charge is 0.405 e. The molecule has 1 aliphatic rings. The number of nitrogens with zero attached hydrogens (tertiary/aromatic N) is 1. The number of amides is 2. The Kier molecular flexibility index (Phi) is 8.22. The van der Waals surface area contributed by atoms with Gasteiger partial charge in [-0.05, 0) is 44.2 Å². The fraction of sp³-hybridized carbons (Fsp3) is 0.600. The van der Waals surface area contributed by atoms with Crippen LogP contribution in [0.4, 0.5) is 4.79 Å². The number of sulfonamides is 1. The third kappa shape index (κ3) is 6.16. The Balaban J connectivity index is 2.14. The van der Waals surface area contributed by atoms with Crippen LogP contribution >= 0.6 is 0 Å². The number of benzene rings is 1. The average Bonchev–Trinajstić information content (AvgIpc) is 2.81. The van der Waals surface area contributed by atoms with Gasteiger partial charge in [-0.2, -0.15) is 4.31 Å². The van der Waals surface area contributed by atoms with E-state index in [4.69, 9.17) is 5.11 Å². The Labute approximate surface area is 177 Å². The van der Waals surface area contributed by atoms with Gasteiger partial charge in [0.25, 0.3) is 0 Å². The number of β-amino-alcohol motifs (C(OH)–C–C–N with tert-alkyl or cyclic N) is 1. The van der Waals surface area contributed by atoms with Crippen molar-refractivity contribution < 1.29 is 28.2 Å². The van der Waals surface area contributed by atoms with Crippen LogP contribution in [0.15, 0.2) is 35.2 Å². The summed E-state index contributed by atoms with van der Waals surface area (Å²) in [7, 11) is -3.80. The van der Waals surface area contributed by atoms with E-state index in [1.54, 1.807) is 25.1 Å². The Hall–Kier alpha value is -2.17. The summed E-state index contributed by atoms with van der Waals surface area (Å²) >= 11 is 0. The zero-order valence-corrected chi connectivity index (χ0v) is 18.3. The molecule has 10 heteroatoms. The summed E-state index contributed by atoms with van der Waals surface area (Å²) in [6.07, 6.45) is -1.30. The Morgan fingerprint density at radius 1 is 1.20 bits per heavy atom. The number of hydrogen-bond acceptors (Lipinski definition) is 5. The maximum Gasteiger partial charge on any atom is 0.405 e. The van der Waals surface area contributed by atoms with Gasteiger partial charge in [-0.25, -0.2) is 13.2 Å².